The van der Waals surface area contributed by atoms with Crippen LogP contribution in [0.2, 0.25) is 0 Å². The Bertz CT molecular complexity index is 789. The number of aromatic nitrogens is 1. The van der Waals surface area contributed by atoms with Gasteiger partial charge in [-0.3, -0.25) is 4.79 Å². The molecule has 0 aliphatic rings. The van der Waals surface area contributed by atoms with Gasteiger partial charge in [0.25, 0.3) is 5.91 Å². The third-order valence-corrected chi connectivity index (χ3v) is 3.72. The van der Waals surface area contributed by atoms with Gasteiger partial charge in [-0.1, -0.05) is 36.4 Å². The number of carbonyl (C=O) groups excluding carboxylic acids is 1. The maximum Gasteiger partial charge on any atom is 0.257 e. The smallest absolute Gasteiger partial charge is 0.257 e. The third kappa shape index (κ3) is 2.66. The summed E-state index contributed by atoms with van der Waals surface area (Å²) in [7, 11) is 0. The first-order chi connectivity index (χ1) is 10.7. The van der Waals surface area contributed by atoms with Crippen LogP contribution in [-0.4, -0.2) is 10.5 Å². The normalized spacial score (nSPS) is 10.5. The van der Waals surface area contributed by atoms with Crippen molar-refractivity contribution >= 4 is 11.6 Å². The van der Waals surface area contributed by atoms with Gasteiger partial charge in [-0.25, -0.2) is 0 Å². The molecule has 3 nitrogen and oxygen atoms in total. The highest BCUT2D eigenvalue weighted by molar-refractivity contribution is 6.05. The van der Waals surface area contributed by atoms with Crippen LogP contribution in [0.5, 0.6) is 0 Å². The van der Waals surface area contributed by atoms with E-state index in [2.05, 4.69) is 9.88 Å². The van der Waals surface area contributed by atoms with Crippen LogP contribution in [0.15, 0.2) is 66.7 Å². The van der Waals surface area contributed by atoms with Gasteiger partial charge in [0, 0.05) is 22.8 Å². The Balaban J connectivity index is 1.94. The van der Waals surface area contributed by atoms with Crippen LogP contribution >= 0.6 is 0 Å². The van der Waals surface area contributed by atoms with E-state index in [0.717, 1.165) is 22.8 Å². The van der Waals surface area contributed by atoms with Crippen molar-refractivity contribution in [2.24, 2.45) is 0 Å². The number of hydrogen-bond acceptors (Lipinski definition) is 1. The molecule has 0 unspecified atom stereocenters. The number of rotatable bonds is 3. The molecule has 0 aliphatic carbocycles. The van der Waals surface area contributed by atoms with Crippen molar-refractivity contribution < 1.29 is 4.79 Å². The van der Waals surface area contributed by atoms with Crippen molar-refractivity contribution in [2.75, 3.05) is 5.32 Å². The standard InChI is InChI=1S/C19H18N2O/c1-14-13-18(19(22)20-16-9-5-3-6-10-16)15(2)21(14)17-11-7-4-8-12-17/h3-13H,1-2H3,(H,20,22). The van der Waals surface area contributed by atoms with Crippen LogP contribution in [0.25, 0.3) is 5.69 Å². The zero-order valence-electron chi connectivity index (χ0n) is 12.7. The zero-order valence-corrected chi connectivity index (χ0v) is 12.7. The van der Waals surface area contributed by atoms with Crippen LogP contribution in [0, 0.1) is 13.8 Å². The molecule has 0 fully saturated rings. The van der Waals surface area contributed by atoms with E-state index in [4.69, 9.17) is 0 Å². The Hall–Kier alpha value is -2.81. The highest BCUT2D eigenvalue weighted by Gasteiger charge is 2.16. The topological polar surface area (TPSA) is 34.0 Å². The monoisotopic (exact) mass is 290 g/mol. The fourth-order valence-corrected chi connectivity index (χ4v) is 2.69. The molecule has 1 amide bonds. The van der Waals surface area contributed by atoms with E-state index in [1.54, 1.807) is 0 Å². The Morgan fingerprint density at radius 2 is 1.50 bits per heavy atom. The second-order valence-corrected chi connectivity index (χ2v) is 5.28. The molecule has 0 saturated carbocycles. The molecule has 3 heteroatoms. The first kappa shape index (κ1) is 14.1. The van der Waals surface area contributed by atoms with E-state index in [-0.39, 0.29) is 5.91 Å². The van der Waals surface area contributed by atoms with Gasteiger partial charge in [0.2, 0.25) is 0 Å². The zero-order chi connectivity index (χ0) is 15.5. The maximum absolute atomic E-state index is 12.5. The van der Waals surface area contributed by atoms with E-state index < -0.39 is 0 Å². The summed E-state index contributed by atoms with van der Waals surface area (Å²) in [5.74, 6) is -0.0820. The van der Waals surface area contributed by atoms with E-state index >= 15 is 0 Å². The maximum atomic E-state index is 12.5. The summed E-state index contributed by atoms with van der Waals surface area (Å²) in [4.78, 5) is 12.5. The molecule has 0 saturated heterocycles. The highest BCUT2D eigenvalue weighted by atomic mass is 16.1. The summed E-state index contributed by atoms with van der Waals surface area (Å²) in [6.45, 7) is 3.99. The van der Waals surface area contributed by atoms with Crippen molar-refractivity contribution in [3.63, 3.8) is 0 Å². The minimum Gasteiger partial charge on any atom is -0.322 e. The molecule has 3 aromatic rings. The van der Waals surface area contributed by atoms with E-state index in [1.165, 1.54) is 0 Å². The molecule has 1 N–H and O–H groups in total. The van der Waals surface area contributed by atoms with Crippen molar-refractivity contribution in [1.29, 1.82) is 0 Å². The van der Waals surface area contributed by atoms with Gasteiger partial charge in [-0.15, -0.1) is 0 Å². The summed E-state index contributed by atoms with van der Waals surface area (Å²) in [5.41, 5.74) is 4.55. The first-order valence-corrected chi connectivity index (χ1v) is 7.27. The molecule has 0 radical (unpaired) electrons. The summed E-state index contributed by atoms with van der Waals surface area (Å²) in [6, 6.07) is 21.5. The lowest BCUT2D eigenvalue weighted by molar-refractivity contribution is 0.102. The summed E-state index contributed by atoms with van der Waals surface area (Å²) in [6.07, 6.45) is 0. The minimum absolute atomic E-state index is 0.0820. The van der Waals surface area contributed by atoms with Gasteiger partial charge in [-0.05, 0) is 44.2 Å². The number of anilines is 1. The van der Waals surface area contributed by atoms with Crippen molar-refractivity contribution in [1.82, 2.24) is 4.57 Å². The van der Waals surface area contributed by atoms with E-state index in [0.29, 0.717) is 5.56 Å². The second kappa shape index (κ2) is 5.90. The fourth-order valence-electron chi connectivity index (χ4n) is 2.69. The van der Waals surface area contributed by atoms with Crippen LogP contribution < -0.4 is 5.32 Å². The predicted molar refractivity (Wildman–Crippen MR) is 89.6 cm³/mol. The summed E-state index contributed by atoms with van der Waals surface area (Å²) < 4.78 is 2.10. The Morgan fingerprint density at radius 3 is 2.14 bits per heavy atom. The summed E-state index contributed by atoms with van der Waals surface area (Å²) in [5, 5.41) is 2.94. The van der Waals surface area contributed by atoms with Crippen molar-refractivity contribution in [3.05, 3.63) is 83.7 Å². The molecule has 3 rings (SSSR count). The molecule has 1 heterocycles. The van der Waals surface area contributed by atoms with Crippen LogP contribution in [-0.2, 0) is 0 Å². The molecule has 110 valence electrons. The molecular formula is C19H18N2O. The molecular weight excluding hydrogens is 272 g/mol. The van der Waals surface area contributed by atoms with Crippen LogP contribution in [0.3, 0.4) is 0 Å². The molecule has 0 atom stereocenters. The number of benzene rings is 2. The quantitative estimate of drug-likeness (QED) is 0.764. The highest BCUT2D eigenvalue weighted by Crippen LogP contribution is 2.21. The molecule has 0 spiro atoms. The number of para-hydroxylation sites is 2. The lowest BCUT2D eigenvalue weighted by Gasteiger charge is -2.10. The lowest BCUT2D eigenvalue weighted by Crippen LogP contribution is -2.13. The van der Waals surface area contributed by atoms with Gasteiger partial charge in [0.15, 0.2) is 0 Å². The summed E-state index contributed by atoms with van der Waals surface area (Å²) >= 11 is 0. The molecule has 0 bridgehead atoms. The average Bonchev–Trinajstić information content (AvgIpc) is 2.84. The van der Waals surface area contributed by atoms with Crippen LogP contribution in [0.4, 0.5) is 5.69 Å². The number of nitrogens with one attached hydrogen (secondary N) is 1. The van der Waals surface area contributed by atoms with Gasteiger partial charge in [-0.2, -0.15) is 0 Å². The van der Waals surface area contributed by atoms with Gasteiger partial charge in [0.1, 0.15) is 0 Å². The molecule has 0 aliphatic heterocycles. The van der Waals surface area contributed by atoms with E-state index in [9.17, 15) is 4.79 Å². The van der Waals surface area contributed by atoms with Crippen LogP contribution in [0.1, 0.15) is 21.7 Å². The Kier molecular flexibility index (Phi) is 3.79. The predicted octanol–water partition coefficient (Wildman–Crippen LogP) is 4.35. The SMILES string of the molecule is Cc1cc(C(=O)Nc2ccccc2)c(C)n1-c1ccccc1. The molecule has 2 aromatic carbocycles. The van der Waals surface area contributed by atoms with E-state index in [1.807, 2.05) is 80.6 Å². The average molecular weight is 290 g/mol. The largest absolute Gasteiger partial charge is 0.322 e. The van der Waals surface area contributed by atoms with Gasteiger partial charge in [0.05, 0.1) is 5.56 Å². The number of amides is 1. The van der Waals surface area contributed by atoms with Crippen molar-refractivity contribution in [2.45, 2.75) is 13.8 Å². The molecule has 22 heavy (non-hydrogen) atoms. The number of hydrogen-bond donors (Lipinski definition) is 1. The minimum atomic E-state index is -0.0820. The Morgan fingerprint density at radius 1 is 0.909 bits per heavy atom. The number of nitrogens with zero attached hydrogens (tertiary/aromatic N) is 1. The first-order valence-electron chi connectivity index (χ1n) is 7.27. The Labute approximate surface area is 130 Å². The van der Waals surface area contributed by atoms with Gasteiger partial charge < -0.3 is 9.88 Å². The number of carbonyl (C=O) groups is 1. The number of aryl methyl sites for hydroxylation is 1. The second-order valence-electron chi connectivity index (χ2n) is 5.28. The fraction of sp³-hybridized carbons (Fsp3) is 0.105. The lowest BCUT2D eigenvalue weighted by atomic mass is 10.2. The van der Waals surface area contributed by atoms with Crippen molar-refractivity contribution in [3.8, 4) is 5.69 Å². The third-order valence-electron chi connectivity index (χ3n) is 3.72. The van der Waals surface area contributed by atoms with Gasteiger partial charge >= 0.3 is 0 Å². The molecule has 1 aromatic heterocycles.